The van der Waals surface area contributed by atoms with E-state index in [0.717, 1.165) is 23.1 Å². The maximum absolute atomic E-state index is 11.4. The molecule has 1 fully saturated rings. The molecule has 1 aromatic carbocycles. The van der Waals surface area contributed by atoms with E-state index >= 15 is 0 Å². The average molecular weight is 270 g/mol. The monoisotopic (exact) mass is 269 g/mol. The Kier molecular flexibility index (Phi) is 3.38. The van der Waals surface area contributed by atoms with E-state index in [9.17, 15) is 4.79 Å². The number of esters is 1. The minimum atomic E-state index is -0.107. The zero-order chi connectivity index (χ0) is 10.7. The quantitative estimate of drug-likeness (QED) is 0.850. The lowest BCUT2D eigenvalue weighted by molar-refractivity contribution is -0.151. The van der Waals surface area contributed by atoms with Crippen molar-refractivity contribution in [3.05, 3.63) is 34.3 Å². The molecule has 1 N–H and O–H groups in total. The first kappa shape index (κ1) is 10.6. The molecule has 4 heteroatoms. The van der Waals surface area contributed by atoms with E-state index in [4.69, 9.17) is 4.74 Å². The number of carbonyl (C=O) groups excluding carboxylic acids is 1. The molecule has 0 atom stereocenters. The van der Waals surface area contributed by atoms with Crippen LogP contribution in [0.4, 0.5) is 0 Å². The Bertz CT molecular complexity index is 363. The maximum atomic E-state index is 11.4. The molecule has 0 amide bonds. The van der Waals surface area contributed by atoms with Crippen molar-refractivity contribution in [1.29, 1.82) is 0 Å². The smallest absolute Gasteiger partial charge is 0.311 e. The highest BCUT2D eigenvalue weighted by Crippen LogP contribution is 2.17. The summed E-state index contributed by atoms with van der Waals surface area (Å²) in [5, 5.41) is 3.04. The summed E-state index contributed by atoms with van der Waals surface area (Å²) in [7, 11) is 0. The number of carbonyl (C=O) groups is 1. The van der Waals surface area contributed by atoms with Crippen LogP contribution in [0.25, 0.3) is 0 Å². The van der Waals surface area contributed by atoms with Gasteiger partial charge in [0, 0.05) is 23.1 Å². The van der Waals surface area contributed by atoms with Gasteiger partial charge in [-0.05, 0) is 6.07 Å². The molecule has 80 valence electrons. The molecular formula is C11H12BrNO2. The number of ether oxygens (including phenoxy) is 1. The average Bonchev–Trinajstić information content (AvgIpc) is 2.14. The number of nitrogens with one attached hydrogen (secondary N) is 1. The summed E-state index contributed by atoms with van der Waals surface area (Å²) < 4.78 is 6.18. The fraction of sp³-hybridized carbons (Fsp3) is 0.364. The summed E-state index contributed by atoms with van der Waals surface area (Å²) in [6, 6.07) is 7.74. The van der Waals surface area contributed by atoms with E-state index in [1.807, 2.05) is 24.3 Å². The number of benzene rings is 1. The van der Waals surface area contributed by atoms with Gasteiger partial charge in [-0.15, -0.1) is 0 Å². The van der Waals surface area contributed by atoms with Crippen LogP contribution in [0.5, 0.6) is 0 Å². The lowest BCUT2D eigenvalue weighted by Gasteiger charge is -2.24. The Morgan fingerprint density at radius 3 is 2.80 bits per heavy atom. The van der Waals surface area contributed by atoms with Gasteiger partial charge >= 0.3 is 5.97 Å². The van der Waals surface area contributed by atoms with Crippen molar-refractivity contribution in [3.8, 4) is 0 Å². The van der Waals surface area contributed by atoms with Gasteiger partial charge in [0.2, 0.25) is 0 Å². The third-order valence-corrected chi connectivity index (χ3v) is 3.22. The van der Waals surface area contributed by atoms with E-state index in [1.165, 1.54) is 0 Å². The first-order valence-electron chi connectivity index (χ1n) is 4.88. The van der Waals surface area contributed by atoms with Crippen molar-refractivity contribution in [1.82, 2.24) is 5.32 Å². The molecule has 0 spiro atoms. The van der Waals surface area contributed by atoms with Gasteiger partial charge in [0.1, 0.15) is 6.61 Å². The minimum Gasteiger partial charge on any atom is -0.460 e. The molecule has 1 heterocycles. The molecule has 1 aliphatic heterocycles. The van der Waals surface area contributed by atoms with Gasteiger partial charge in [-0.3, -0.25) is 4.79 Å². The third kappa shape index (κ3) is 2.58. The number of rotatable bonds is 3. The number of hydrogen-bond acceptors (Lipinski definition) is 3. The van der Waals surface area contributed by atoms with E-state index in [-0.39, 0.29) is 11.9 Å². The Morgan fingerprint density at radius 2 is 2.20 bits per heavy atom. The summed E-state index contributed by atoms with van der Waals surface area (Å²) in [6.45, 7) is 1.83. The molecule has 3 nitrogen and oxygen atoms in total. The van der Waals surface area contributed by atoms with Crippen LogP contribution < -0.4 is 5.32 Å². The highest BCUT2D eigenvalue weighted by molar-refractivity contribution is 9.10. The molecule has 15 heavy (non-hydrogen) atoms. The standard InChI is InChI=1S/C11H12BrNO2/c12-10-4-2-1-3-8(10)7-15-11(14)9-5-13-6-9/h1-4,9,13H,5-7H2. The van der Waals surface area contributed by atoms with Crippen LogP contribution >= 0.6 is 15.9 Å². The lowest BCUT2D eigenvalue weighted by atomic mass is 10.0. The second kappa shape index (κ2) is 4.77. The normalized spacial score (nSPS) is 15.8. The first-order valence-corrected chi connectivity index (χ1v) is 5.67. The van der Waals surface area contributed by atoms with Crippen molar-refractivity contribution in [2.24, 2.45) is 5.92 Å². The minimum absolute atomic E-state index is 0.0486. The summed E-state index contributed by atoms with van der Waals surface area (Å²) in [4.78, 5) is 11.4. The van der Waals surface area contributed by atoms with Gasteiger partial charge in [0.15, 0.2) is 0 Å². The number of hydrogen-bond donors (Lipinski definition) is 1. The summed E-state index contributed by atoms with van der Waals surface area (Å²) in [5.41, 5.74) is 0.998. The lowest BCUT2D eigenvalue weighted by Crippen LogP contribution is -2.47. The van der Waals surface area contributed by atoms with Gasteiger partial charge in [0.25, 0.3) is 0 Å². The van der Waals surface area contributed by atoms with Crippen LogP contribution in [-0.4, -0.2) is 19.1 Å². The molecule has 0 bridgehead atoms. The Balaban J connectivity index is 1.87. The second-order valence-corrected chi connectivity index (χ2v) is 4.41. The molecule has 0 aromatic heterocycles. The topological polar surface area (TPSA) is 38.3 Å². The van der Waals surface area contributed by atoms with Gasteiger partial charge in [-0.2, -0.15) is 0 Å². The summed E-state index contributed by atoms with van der Waals surface area (Å²) >= 11 is 3.41. The van der Waals surface area contributed by atoms with E-state index in [0.29, 0.717) is 6.61 Å². The van der Waals surface area contributed by atoms with Crippen LogP contribution in [0, 0.1) is 5.92 Å². The largest absolute Gasteiger partial charge is 0.460 e. The molecule has 0 aliphatic carbocycles. The molecular weight excluding hydrogens is 258 g/mol. The first-order chi connectivity index (χ1) is 7.27. The zero-order valence-electron chi connectivity index (χ0n) is 8.20. The van der Waals surface area contributed by atoms with Gasteiger partial charge in [-0.25, -0.2) is 0 Å². The highest BCUT2D eigenvalue weighted by atomic mass is 79.9. The molecule has 1 aromatic rings. The van der Waals surface area contributed by atoms with Crippen molar-refractivity contribution in [2.45, 2.75) is 6.61 Å². The Morgan fingerprint density at radius 1 is 1.47 bits per heavy atom. The Labute approximate surface area is 96.9 Å². The van der Waals surface area contributed by atoms with Crippen LogP contribution in [0.1, 0.15) is 5.56 Å². The predicted octanol–water partition coefficient (Wildman–Crippen LogP) is 1.71. The van der Waals surface area contributed by atoms with Crippen LogP contribution in [0.15, 0.2) is 28.7 Å². The van der Waals surface area contributed by atoms with E-state index < -0.39 is 0 Å². The van der Waals surface area contributed by atoms with Crippen molar-refractivity contribution in [3.63, 3.8) is 0 Å². The van der Waals surface area contributed by atoms with Gasteiger partial charge in [0.05, 0.1) is 5.92 Å². The van der Waals surface area contributed by atoms with E-state index in [1.54, 1.807) is 0 Å². The molecule has 0 saturated carbocycles. The molecule has 1 saturated heterocycles. The van der Waals surface area contributed by atoms with Crippen molar-refractivity contribution >= 4 is 21.9 Å². The third-order valence-electron chi connectivity index (χ3n) is 2.44. The molecule has 2 rings (SSSR count). The molecule has 0 unspecified atom stereocenters. The van der Waals surface area contributed by atoms with Gasteiger partial charge in [-0.1, -0.05) is 34.1 Å². The van der Waals surface area contributed by atoms with Crippen molar-refractivity contribution in [2.75, 3.05) is 13.1 Å². The predicted molar refractivity (Wildman–Crippen MR) is 60.3 cm³/mol. The van der Waals surface area contributed by atoms with Crippen molar-refractivity contribution < 1.29 is 9.53 Å². The molecule has 0 radical (unpaired) electrons. The fourth-order valence-electron chi connectivity index (χ4n) is 1.34. The highest BCUT2D eigenvalue weighted by Gasteiger charge is 2.26. The zero-order valence-corrected chi connectivity index (χ0v) is 9.79. The SMILES string of the molecule is O=C(OCc1ccccc1Br)C1CNC1. The van der Waals surface area contributed by atoms with Crippen LogP contribution in [0.2, 0.25) is 0 Å². The fourth-order valence-corrected chi connectivity index (χ4v) is 1.74. The van der Waals surface area contributed by atoms with E-state index in [2.05, 4.69) is 21.2 Å². The Hall–Kier alpha value is -0.870. The summed E-state index contributed by atoms with van der Waals surface area (Å²) in [5.74, 6) is -0.0583. The van der Waals surface area contributed by atoms with Crippen LogP contribution in [0.3, 0.4) is 0 Å². The summed E-state index contributed by atoms with van der Waals surface area (Å²) in [6.07, 6.45) is 0. The van der Waals surface area contributed by atoms with Gasteiger partial charge < -0.3 is 10.1 Å². The molecule has 1 aliphatic rings. The number of halogens is 1. The second-order valence-electron chi connectivity index (χ2n) is 3.55. The van der Waals surface area contributed by atoms with Crippen LogP contribution in [-0.2, 0) is 16.1 Å². The maximum Gasteiger partial charge on any atom is 0.311 e.